The summed E-state index contributed by atoms with van der Waals surface area (Å²) in [7, 11) is 1.53. The van der Waals surface area contributed by atoms with Crippen LogP contribution in [0, 0.1) is 0 Å². The zero-order valence-corrected chi connectivity index (χ0v) is 50.3. The van der Waals surface area contributed by atoms with Gasteiger partial charge in [0.2, 0.25) is 5.91 Å². The molecule has 9 heteroatoms. The number of allylic oxidation sites excluding steroid dienone is 21. The molecule has 0 bridgehead atoms. The molecule has 0 aliphatic heterocycles. The molecule has 3 atom stereocenters. The Hall–Kier alpha value is -3.36. The Morgan fingerprint density at radius 3 is 1.21 bits per heavy atom. The fraction of sp³-hybridized carbons (Fsp3) is 0.657. The average molecular weight is 1080 g/mol. The molecule has 0 radical (unpaired) electrons. The molecule has 0 aliphatic carbocycles. The first-order valence-corrected chi connectivity index (χ1v) is 32.1. The second kappa shape index (κ2) is 56.4. The molecule has 434 valence electrons. The second-order valence-corrected chi connectivity index (χ2v) is 22.8. The van der Waals surface area contributed by atoms with Crippen molar-refractivity contribution in [2.45, 2.75) is 244 Å². The molecule has 0 saturated heterocycles. The van der Waals surface area contributed by atoms with Gasteiger partial charge in [0, 0.05) is 6.42 Å². The lowest BCUT2D eigenvalue weighted by molar-refractivity contribution is -0.870. The molecule has 0 aliphatic rings. The van der Waals surface area contributed by atoms with Crippen molar-refractivity contribution in [3.63, 3.8) is 0 Å². The third-order valence-corrected chi connectivity index (χ3v) is 13.8. The number of hydrogen-bond donors (Lipinski definition) is 3. The van der Waals surface area contributed by atoms with Crippen LogP contribution in [-0.4, -0.2) is 73.4 Å². The minimum Gasteiger partial charge on any atom is -0.387 e. The van der Waals surface area contributed by atoms with Gasteiger partial charge in [0.1, 0.15) is 13.2 Å². The number of quaternary nitrogens is 1. The minimum absolute atomic E-state index is 0.0487. The van der Waals surface area contributed by atoms with Crippen LogP contribution in [0.2, 0.25) is 0 Å². The summed E-state index contributed by atoms with van der Waals surface area (Å²) in [5.41, 5.74) is 0. The van der Waals surface area contributed by atoms with Crippen molar-refractivity contribution in [3.05, 3.63) is 134 Å². The number of aliphatic hydroxyl groups excluding tert-OH is 1. The predicted octanol–water partition coefficient (Wildman–Crippen LogP) is 19.1. The quantitative estimate of drug-likeness (QED) is 0.0243. The van der Waals surface area contributed by atoms with E-state index >= 15 is 0 Å². The Kier molecular flexibility index (Phi) is 53.9. The largest absolute Gasteiger partial charge is 0.472 e. The van der Waals surface area contributed by atoms with Gasteiger partial charge >= 0.3 is 7.82 Å². The lowest BCUT2D eigenvalue weighted by atomic mass is 10.0. The number of phosphoric acid groups is 1. The molecule has 0 aromatic rings. The van der Waals surface area contributed by atoms with Crippen molar-refractivity contribution in [1.82, 2.24) is 5.32 Å². The maximum absolute atomic E-state index is 13.0. The zero-order valence-electron chi connectivity index (χ0n) is 49.4. The smallest absolute Gasteiger partial charge is 0.387 e. The first-order chi connectivity index (χ1) is 37.0. The van der Waals surface area contributed by atoms with Gasteiger partial charge in [-0.15, -0.1) is 0 Å². The molecule has 76 heavy (non-hydrogen) atoms. The summed E-state index contributed by atoms with van der Waals surface area (Å²) in [6.07, 6.45) is 85.8. The second-order valence-electron chi connectivity index (χ2n) is 21.3. The van der Waals surface area contributed by atoms with E-state index in [9.17, 15) is 19.4 Å². The first-order valence-electron chi connectivity index (χ1n) is 30.6. The van der Waals surface area contributed by atoms with Gasteiger partial charge in [-0.25, -0.2) is 4.57 Å². The van der Waals surface area contributed by atoms with Crippen molar-refractivity contribution in [1.29, 1.82) is 0 Å². The lowest BCUT2D eigenvalue weighted by Crippen LogP contribution is -2.45. The van der Waals surface area contributed by atoms with E-state index < -0.39 is 20.0 Å². The Morgan fingerprint density at radius 2 is 0.803 bits per heavy atom. The van der Waals surface area contributed by atoms with Gasteiger partial charge in [0.25, 0.3) is 0 Å². The van der Waals surface area contributed by atoms with Crippen molar-refractivity contribution in [3.8, 4) is 0 Å². The number of nitrogens with zero attached hydrogens (tertiary/aromatic N) is 1. The van der Waals surface area contributed by atoms with Gasteiger partial charge in [0.05, 0.1) is 39.9 Å². The fourth-order valence-electron chi connectivity index (χ4n) is 8.09. The van der Waals surface area contributed by atoms with Crippen LogP contribution >= 0.6 is 7.82 Å². The van der Waals surface area contributed by atoms with Gasteiger partial charge in [-0.3, -0.25) is 13.8 Å². The number of likely N-dealkylation sites (N-methyl/N-ethyl adjacent to an activating group) is 1. The Labute approximate surface area is 468 Å². The van der Waals surface area contributed by atoms with Crippen molar-refractivity contribution >= 4 is 13.7 Å². The van der Waals surface area contributed by atoms with Crippen molar-refractivity contribution < 1.29 is 32.9 Å². The summed E-state index contributed by atoms with van der Waals surface area (Å²) < 4.78 is 23.6. The molecule has 0 aromatic heterocycles. The number of amides is 1. The predicted molar refractivity (Wildman–Crippen MR) is 331 cm³/mol. The van der Waals surface area contributed by atoms with Crippen LogP contribution in [0.25, 0.3) is 0 Å². The van der Waals surface area contributed by atoms with Crippen LogP contribution in [0.4, 0.5) is 0 Å². The first kappa shape index (κ1) is 72.6. The number of phosphoric ester groups is 1. The van der Waals surface area contributed by atoms with E-state index in [1.165, 1.54) is 109 Å². The van der Waals surface area contributed by atoms with Gasteiger partial charge < -0.3 is 19.8 Å². The molecule has 3 unspecified atom stereocenters. The Bertz CT molecular complexity index is 1700. The number of rotatable bonds is 54. The third-order valence-electron chi connectivity index (χ3n) is 12.8. The third kappa shape index (κ3) is 58.3. The van der Waals surface area contributed by atoms with E-state index in [2.05, 4.69) is 141 Å². The molecule has 8 nitrogen and oxygen atoms in total. The number of nitrogens with one attached hydrogen (secondary N) is 1. The van der Waals surface area contributed by atoms with Crippen LogP contribution in [-0.2, 0) is 18.4 Å². The van der Waals surface area contributed by atoms with Crippen LogP contribution < -0.4 is 5.32 Å². The number of unbranched alkanes of at least 4 members (excludes halogenated alkanes) is 21. The Morgan fingerprint density at radius 1 is 0.461 bits per heavy atom. The molecule has 0 fully saturated rings. The van der Waals surface area contributed by atoms with Gasteiger partial charge in [0.15, 0.2) is 0 Å². The highest BCUT2D eigenvalue weighted by atomic mass is 31.2. The zero-order chi connectivity index (χ0) is 55.6. The number of carbonyl (C=O) groups is 1. The summed E-state index contributed by atoms with van der Waals surface area (Å²) in [6.45, 7) is 4.62. The number of hydrogen-bond acceptors (Lipinski definition) is 5. The van der Waals surface area contributed by atoms with Crippen LogP contribution in [0.3, 0.4) is 0 Å². The van der Waals surface area contributed by atoms with Gasteiger partial charge in [-0.1, -0.05) is 250 Å². The van der Waals surface area contributed by atoms with E-state index in [1.54, 1.807) is 6.08 Å². The summed E-state index contributed by atoms with van der Waals surface area (Å²) in [4.78, 5) is 23.3. The average Bonchev–Trinajstić information content (AvgIpc) is 3.38. The standard InChI is InChI=1S/C67H115N2O6P/c1-6-8-10-12-14-16-18-20-21-22-23-24-25-26-27-28-29-30-31-32-33-34-35-36-37-38-39-40-41-42-43-44-45-46-47-49-51-53-55-57-59-61-67(71)68-65(64-75-76(72,73)74-63-62-69(3,4)5)66(70)60-58-56-54-52-50-48-19-17-15-13-11-9-7-2/h8,10,14-17,20-21,23-24,26-27,29-30,32-33,35-36,50,52,58,60,65-66,70H,6-7,9,11-13,18-19,22,25,28,31,34,37-49,51,53-57,59,61-64H2,1-5H3,(H-,68,71,72,73)/p+1/b10-8-,16-14-,17-15+,21-20-,24-23-,27-26-,30-29-,33-32-,36-35-,52-50+,60-58+. The summed E-state index contributed by atoms with van der Waals surface area (Å²) in [5, 5.41) is 13.9. The van der Waals surface area contributed by atoms with E-state index in [4.69, 9.17) is 9.05 Å². The van der Waals surface area contributed by atoms with E-state index in [0.717, 1.165) is 103 Å². The fourth-order valence-corrected chi connectivity index (χ4v) is 8.82. The lowest BCUT2D eigenvalue weighted by Gasteiger charge is -2.25. The van der Waals surface area contributed by atoms with E-state index in [-0.39, 0.29) is 19.1 Å². The van der Waals surface area contributed by atoms with Gasteiger partial charge in [-0.2, -0.15) is 0 Å². The minimum atomic E-state index is -4.36. The number of aliphatic hydroxyl groups is 1. The molecule has 1 amide bonds. The molecular weight excluding hydrogens is 960 g/mol. The molecule has 3 N–H and O–H groups in total. The monoisotopic (exact) mass is 1080 g/mol. The number of carbonyl (C=O) groups excluding carboxylic acids is 1. The maximum Gasteiger partial charge on any atom is 0.472 e. The van der Waals surface area contributed by atoms with Crippen LogP contribution in [0.1, 0.15) is 232 Å². The molecule has 0 saturated carbocycles. The Balaban J connectivity index is 4.01. The highest BCUT2D eigenvalue weighted by Gasteiger charge is 2.27. The molecular formula is C67H116N2O6P+. The maximum atomic E-state index is 13.0. The highest BCUT2D eigenvalue weighted by molar-refractivity contribution is 7.47. The summed E-state index contributed by atoms with van der Waals surface area (Å²) >= 11 is 0. The van der Waals surface area contributed by atoms with E-state index in [1.807, 2.05) is 27.2 Å². The topological polar surface area (TPSA) is 105 Å². The molecule has 0 spiro atoms. The van der Waals surface area contributed by atoms with Gasteiger partial charge in [-0.05, 0) is 109 Å². The van der Waals surface area contributed by atoms with Crippen LogP contribution in [0.15, 0.2) is 134 Å². The van der Waals surface area contributed by atoms with Crippen molar-refractivity contribution in [2.75, 3.05) is 40.9 Å². The molecule has 0 rings (SSSR count). The highest BCUT2D eigenvalue weighted by Crippen LogP contribution is 2.43. The van der Waals surface area contributed by atoms with Crippen molar-refractivity contribution in [2.24, 2.45) is 0 Å². The van der Waals surface area contributed by atoms with E-state index in [0.29, 0.717) is 17.4 Å². The summed E-state index contributed by atoms with van der Waals surface area (Å²) in [6, 6.07) is -0.876. The molecule has 0 heterocycles. The normalized spacial score (nSPS) is 14.8. The van der Waals surface area contributed by atoms with Crippen LogP contribution in [0.5, 0.6) is 0 Å². The molecule has 0 aromatic carbocycles. The SMILES string of the molecule is CC/C=C\C/C=C\C/C=C\C/C=C\C/C=C\C/C=C\C/C=C\C/C=C\CCCCCCCCCCCCCCCCCCC(=O)NC(COP(=O)(O)OCC[N+](C)(C)C)C(O)/C=C/CC/C=C/CC/C=C/CCCCC. The summed E-state index contributed by atoms with van der Waals surface area (Å²) in [5.74, 6) is -0.196.